The average Bonchev–Trinajstić information content (AvgIpc) is 2.37. The summed E-state index contributed by atoms with van der Waals surface area (Å²) in [5.74, 6) is 0. The maximum absolute atomic E-state index is 9.33. The Morgan fingerprint density at radius 1 is 0.750 bits per heavy atom. The van der Waals surface area contributed by atoms with Crippen LogP contribution in [0.2, 0.25) is 5.31 Å². The van der Waals surface area contributed by atoms with Gasteiger partial charge >= 0.3 is 7.01 Å². The fourth-order valence-corrected chi connectivity index (χ4v) is 3.08. The van der Waals surface area contributed by atoms with Crippen LogP contribution in [-0.2, 0) is 0 Å². The highest BCUT2D eigenvalue weighted by atomic mass is 16.4. The molecule has 0 aromatic heterocycles. The molecule has 2 nitrogen and oxygen atoms in total. The average molecular weight is 282 g/mol. The third kappa shape index (κ3) is 11.8. The predicted molar refractivity (Wildman–Crippen MR) is 92.5 cm³/mol. The lowest BCUT2D eigenvalue weighted by atomic mass is 9.30. The SMILES string of the molecule is CCCCCCCC(C)(BB(O)O)CCCCCCC. The van der Waals surface area contributed by atoms with Crippen LogP contribution in [0.5, 0.6) is 0 Å². The zero-order chi connectivity index (χ0) is 15.3. The van der Waals surface area contributed by atoms with Gasteiger partial charge in [0.25, 0.3) is 0 Å². The molecule has 0 spiro atoms. The topological polar surface area (TPSA) is 40.5 Å². The van der Waals surface area contributed by atoms with Crippen LogP contribution >= 0.6 is 0 Å². The second-order valence-corrected chi connectivity index (χ2v) is 6.82. The van der Waals surface area contributed by atoms with Crippen molar-refractivity contribution in [3.05, 3.63) is 0 Å². The van der Waals surface area contributed by atoms with Crippen molar-refractivity contribution >= 4 is 14.2 Å². The molecule has 0 aliphatic rings. The first kappa shape index (κ1) is 20.0. The van der Waals surface area contributed by atoms with Crippen LogP contribution in [0, 0.1) is 0 Å². The van der Waals surface area contributed by atoms with E-state index in [-0.39, 0.29) is 5.31 Å². The Bertz CT molecular complexity index is 197. The molecule has 0 aliphatic heterocycles. The first-order valence-corrected chi connectivity index (χ1v) is 8.90. The van der Waals surface area contributed by atoms with Gasteiger partial charge in [0, 0.05) is 0 Å². The molecule has 0 rings (SSSR count). The minimum Gasteiger partial charge on any atom is -0.434 e. The molecule has 0 amide bonds. The standard InChI is InChI=1S/C16H36B2O2/c1-4-6-8-10-12-14-16(3,17-18(19)20)15-13-11-9-7-5-2/h17,19-20H,4-15H2,1-3H3. The predicted octanol–water partition coefficient (Wildman–Crippen LogP) is 4.29. The van der Waals surface area contributed by atoms with Crippen molar-refractivity contribution in [1.82, 2.24) is 0 Å². The number of unbranched alkanes of at least 4 members (excludes halogenated alkanes) is 8. The fourth-order valence-electron chi connectivity index (χ4n) is 3.08. The van der Waals surface area contributed by atoms with Crippen molar-refractivity contribution in [2.75, 3.05) is 0 Å². The Labute approximate surface area is 128 Å². The van der Waals surface area contributed by atoms with Crippen LogP contribution in [-0.4, -0.2) is 24.2 Å². The van der Waals surface area contributed by atoms with E-state index in [0.717, 1.165) is 12.8 Å². The first-order chi connectivity index (χ1) is 9.54. The van der Waals surface area contributed by atoms with Gasteiger partial charge in [-0.15, -0.1) is 0 Å². The monoisotopic (exact) mass is 282 g/mol. The highest BCUT2D eigenvalue weighted by Gasteiger charge is 2.30. The molecule has 0 saturated heterocycles. The van der Waals surface area contributed by atoms with Crippen molar-refractivity contribution in [2.45, 2.75) is 103 Å². The lowest BCUT2D eigenvalue weighted by Crippen LogP contribution is -2.32. The van der Waals surface area contributed by atoms with Gasteiger partial charge in [-0.1, -0.05) is 103 Å². The van der Waals surface area contributed by atoms with E-state index in [1.54, 1.807) is 0 Å². The smallest absolute Gasteiger partial charge is 0.397 e. The van der Waals surface area contributed by atoms with Gasteiger partial charge in [0.05, 0.1) is 0 Å². The Hall–Kier alpha value is 0.0499. The van der Waals surface area contributed by atoms with Crippen LogP contribution in [0.15, 0.2) is 0 Å². The summed E-state index contributed by atoms with van der Waals surface area (Å²) in [6.07, 6.45) is 15.2. The zero-order valence-corrected chi connectivity index (χ0v) is 14.2. The first-order valence-electron chi connectivity index (χ1n) is 8.90. The summed E-state index contributed by atoms with van der Waals surface area (Å²) in [5, 5.41) is 18.8. The van der Waals surface area contributed by atoms with Gasteiger partial charge in [0.2, 0.25) is 0 Å². The molecule has 20 heavy (non-hydrogen) atoms. The molecule has 0 fully saturated rings. The van der Waals surface area contributed by atoms with E-state index in [4.69, 9.17) is 0 Å². The molecule has 0 heterocycles. The third-order valence-corrected chi connectivity index (χ3v) is 4.44. The van der Waals surface area contributed by atoms with Gasteiger partial charge in [0.1, 0.15) is 0 Å². The lowest BCUT2D eigenvalue weighted by molar-refractivity contribution is 0.416. The summed E-state index contributed by atoms with van der Waals surface area (Å²) in [6, 6.07) is 0. The summed E-state index contributed by atoms with van der Waals surface area (Å²) in [6.45, 7) is 6.72. The second-order valence-electron chi connectivity index (χ2n) is 6.82. The van der Waals surface area contributed by atoms with Crippen molar-refractivity contribution < 1.29 is 10.0 Å². The van der Waals surface area contributed by atoms with Crippen LogP contribution < -0.4 is 0 Å². The van der Waals surface area contributed by atoms with Gasteiger partial charge in [-0.05, 0) is 0 Å². The second kappa shape index (κ2) is 12.8. The molecule has 0 aromatic carbocycles. The molecule has 0 atom stereocenters. The third-order valence-electron chi connectivity index (χ3n) is 4.44. The van der Waals surface area contributed by atoms with Gasteiger partial charge in [-0.3, -0.25) is 0 Å². The molecular weight excluding hydrogens is 246 g/mol. The molecular formula is C16H36B2O2. The summed E-state index contributed by atoms with van der Waals surface area (Å²) in [5.41, 5.74) is 0. The number of rotatable bonds is 14. The molecule has 0 radical (unpaired) electrons. The minimum atomic E-state index is -1.15. The molecule has 118 valence electrons. The van der Waals surface area contributed by atoms with Crippen molar-refractivity contribution in [2.24, 2.45) is 0 Å². The van der Waals surface area contributed by atoms with E-state index in [9.17, 15) is 10.0 Å². The van der Waals surface area contributed by atoms with Crippen molar-refractivity contribution in [1.29, 1.82) is 0 Å². The molecule has 0 aliphatic carbocycles. The Morgan fingerprint density at radius 2 is 1.15 bits per heavy atom. The van der Waals surface area contributed by atoms with Crippen LogP contribution in [0.3, 0.4) is 0 Å². The maximum Gasteiger partial charge on any atom is 0.397 e. The Morgan fingerprint density at radius 3 is 1.50 bits per heavy atom. The molecule has 0 unspecified atom stereocenters. The van der Waals surface area contributed by atoms with Gasteiger partial charge in [0.15, 0.2) is 7.17 Å². The van der Waals surface area contributed by atoms with Crippen LogP contribution in [0.4, 0.5) is 0 Å². The quantitative estimate of drug-likeness (QED) is 0.368. The van der Waals surface area contributed by atoms with Crippen molar-refractivity contribution in [3.8, 4) is 0 Å². The van der Waals surface area contributed by atoms with Gasteiger partial charge < -0.3 is 10.0 Å². The molecule has 0 bridgehead atoms. The minimum absolute atomic E-state index is 0.118. The molecule has 4 heteroatoms. The van der Waals surface area contributed by atoms with E-state index in [0.29, 0.717) is 7.17 Å². The highest BCUT2D eigenvalue weighted by Crippen LogP contribution is 2.37. The summed E-state index contributed by atoms with van der Waals surface area (Å²) < 4.78 is 0. The van der Waals surface area contributed by atoms with E-state index in [1.165, 1.54) is 64.2 Å². The normalized spacial score (nSPS) is 11.7. The number of hydrogen-bond acceptors (Lipinski definition) is 2. The zero-order valence-electron chi connectivity index (χ0n) is 14.2. The lowest BCUT2D eigenvalue weighted by Gasteiger charge is -2.29. The van der Waals surface area contributed by atoms with E-state index in [2.05, 4.69) is 20.8 Å². The van der Waals surface area contributed by atoms with Crippen LogP contribution in [0.25, 0.3) is 0 Å². The van der Waals surface area contributed by atoms with Crippen molar-refractivity contribution in [3.63, 3.8) is 0 Å². The molecule has 2 N–H and O–H groups in total. The Balaban J connectivity index is 3.94. The largest absolute Gasteiger partial charge is 0.434 e. The Kier molecular flexibility index (Phi) is 12.8. The van der Waals surface area contributed by atoms with E-state index in [1.807, 2.05) is 0 Å². The fraction of sp³-hybridized carbons (Fsp3) is 1.00. The summed E-state index contributed by atoms with van der Waals surface area (Å²) in [4.78, 5) is 0. The summed E-state index contributed by atoms with van der Waals surface area (Å²) >= 11 is 0. The van der Waals surface area contributed by atoms with Gasteiger partial charge in [-0.25, -0.2) is 0 Å². The maximum atomic E-state index is 9.33. The van der Waals surface area contributed by atoms with Gasteiger partial charge in [-0.2, -0.15) is 0 Å². The van der Waals surface area contributed by atoms with E-state index >= 15 is 0 Å². The van der Waals surface area contributed by atoms with E-state index < -0.39 is 7.01 Å². The molecule has 0 aromatic rings. The molecule has 0 saturated carbocycles. The number of hydrogen-bond donors (Lipinski definition) is 2. The highest BCUT2D eigenvalue weighted by molar-refractivity contribution is 7.05. The van der Waals surface area contributed by atoms with Crippen LogP contribution in [0.1, 0.15) is 97.8 Å². The summed E-state index contributed by atoms with van der Waals surface area (Å²) in [7, 11) is -0.611.